The minimum atomic E-state index is -0.994. The highest BCUT2D eigenvalue weighted by Crippen LogP contribution is 2.23. The van der Waals surface area contributed by atoms with Gasteiger partial charge in [0.25, 0.3) is 5.91 Å². The van der Waals surface area contributed by atoms with Crippen molar-refractivity contribution in [1.82, 2.24) is 5.32 Å². The monoisotopic (exact) mass is 339 g/mol. The van der Waals surface area contributed by atoms with Gasteiger partial charge in [-0.15, -0.1) is 0 Å². The standard InChI is InChI=1S/C21H25NO3/c1-14-10-9-11-15(2)17(14)20(24)25-18(16-12-7-6-8-13-16)19(23)22-21(3,4)5/h6-13,18H,1-5H3,(H,22,23). The van der Waals surface area contributed by atoms with Crippen molar-refractivity contribution in [2.24, 2.45) is 0 Å². The highest BCUT2D eigenvalue weighted by Gasteiger charge is 2.29. The number of ether oxygens (including phenoxy) is 1. The third-order valence-electron chi connectivity index (χ3n) is 3.75. The number of amides is 1. The van der Waals surface area contributed by atoms with Gasteiger partial charge in [0, 0.05) is 11.1 Å². The Morgan fingerprint density at radius 2 is 1.48 bits per heavy atom. The van der Waals surface area contributed by atoms with E-state index in [-0.39, 0.29) is 5.91 Å². The van der Waals surface area contributed by atoms with Crippen LogP contribution in [0, 0.1) is 13.8 Å². The van der Waals surface area contributed by atoms with Gasteiger partial charge >= 0.3 is 5.97 Å². The molecule has 25 heavy (non-hydrogen) atoms. The summed E-state index contributed by atoms with van der Waals surface area (Å²) < 4.78 is 5.64. The smallest absolute Gasteiger partial charge is 0.339 e. The largest absolute Gasteiger partial charge is 0.444 e. The van der Waals surface area contributed by atoms with Crippen LogP contribution in [0.3, 0.4) is 0 Å². The second kappa shape index (κ2) is 7.51. The molecule has 0 heterocycles. The van der Waals surface area contributed by atoms with Crippen LogP contribution < -0.4 is 5.32 Å². The molecule has 0 saturated carbocycles. The van der Waals surface area contributed by atoms with Crippen molar-refractivity contribution in [3.63, 3.8) is 0 Å². The van der Waals surface area contributed by atoms with E-state index in [2.05, 4.69) is 5.32 Å². The van der Waals surface area contributed by atoms with Gasteiger partial charge in [0.15, 0.2) is 0 Å². The maximum Gasteiger partial charge on any atom is 0.339 e. The molecule has 0 bridgehead atoms. The first-order valence-electron chi connectivity index (χ1n) is 8.33. The van der Waals surface area contributed by atoms with Gasteiger partial charge in [0.05, 0.1) is 5.56 Å². The van der Waals surface area contributed by atoms with Gasteiger partial charge in [0.1, 0.15) is 0 Å². The second-order valence-corrected chi connectivity index (χ2v) is 7.20. The molecule has 0 aliphatic heterocycles. The zero-order chi connectivity index (χ0) is 18.6. The van der Waals surface area contributed by atoms with Crippen molar-refractivity contribution in [2.75, 3.05) is 0 Å². The molecule has 0 spiro atoms. The molecule has 1 atom stereocenters. The van der Waals surface area contributed by atoms with E-state index in [0.29, 0.717) is 11.1 Å². The lowest BCUT2D eigenvalue weighted by molar-refractivity contribution is -0.131. The van der Waals surface area contributed by atoms with Crippen LogP contribution in [0.1, 0.15) is 53.9 Å². The molecular formula is C21H25NO3. The molecule has 1 amide bonds. The average Bonchev–Trinajstić information content (AvgIpc) is 2.51. The summed E-state index contributed by atoms with van der Waals surface area (Å²) in [6, 6.07) is 14.7. The minimum Gasteiger partial charge on any atom is -0.444 e. The van der Waals surface area contributed by atoms with Crippen LogP contribution in [-0.4, -0.2) is 17.4 Å². The number of carbonyl (C=O) groups is 2. The Hall–Kier alpha value is -2.62. The summed E-state index contributed by atoms with van der Waals surface area (Å²) in [4.78, 5) is 25.4. The van der Waals surface area contributed by atoms with Gasteiger partial charge < -0.3 is 10.1 Å². The lowest BCUT2D eigenvalue weighted by Gasteiger charge is -2.25. The van der Waals surface area contributed by atoms with E-state index in [1.807, 2.05) is 71.0 Å². The highest BCUT2D eigenvalue weighted by atomic mass is 16.5. The fourth-order valence-electron chi connectivity index (χ4n) is 2.64. The van der Waals surface area contributed by atoms with E-state index in [4.69, 9.17) is 4.74 Å². The Bertz CT molecular complexity index is 740. The normalized spacial score (nSPS) is 12.4. The minimum absolute atomic E-state index is 0.335. The third-order valence-corrected chi connectivity index (χ3v) is 3.75. The topological polar surface area (TPSA) is 55.4 Å². The number of benzene rings is 2. The van der Waals surface area contributed by atoms with Crippen molar-refractivity contribution in [3.8, 4) is 0 Å². The average molecular weight is 339 g/mol. The molecule has 0 aromatic heterocycles. The van der Waals surface area contributed by atoms with E-state index in [9.17, 15) is 9.59 Å². The Morgan fingerprint density at radius 3 is 2.00 bits per heavy atom. The highest BCUT2D eigenvalue weighted by molar-refractivity contribution is 5.95. The molecule has 132 valence electrons. The zero-order valence-electron chi connectivity index (χ0n) is 15.4. The molecular weight excluding hydrogens is 314 g/mol. The van der Waals surface area contributed by atoms with Gasteiger partial charge in [-0.25, -0.2) is 4.79 Å². The molecule has 0 aliphatic rings. The molecule has 2 rings (SSSR count). The maximum absolute atomic E-state index is 12.7. The quantitative estimate of drug-likeness (QED) is 0.853. The number of nitrogens with one attached hydrogen (secondary N) is 1. The molecule has 2 aromatic rings. The molecule has 0 fully saturated rings. The lowest BCUT2D eigenvalue weighted by atomic mass is 10.0. The van der Waals surface area contributed by atoms with Gasteiger partial charge in [0.2, 0.25) is 6.10 Å². The Balaban J connectivity index is 2.33. The molecule has 1 unspecified atom stereocenters. The van der Waals surface area contributed by atoms with Crippen molar-refractivity contribution in [3.05, 3.63) is 70.8 Å². The Labute approximate surface area is 149 Å². The molecule has 4 nitrogen and oxygen atoms in total. The van der Waals surface area contributed by atoms with Crippen molar-refractivity contribution >= 4 is 11.9 Å². The van der Waals surface area contributed by atoms with Crippen LogP contribution in [0.5, 0.6) is 0 Å². The number of carbonyl (C=O) groups excluding carboxylic acids is 2. The summed E-state index contributed by atoms with van der Waals surface area (Å²) in [5, 5.41) is 2.89. The SMILES string of the molecule is Cc1cccc(C)c1C(=O)OC(C(=O)NC(C)(C)C)c1ccccc1. The number of hydrogen-bond acceptors (Lipinski definition) is 3. The molecule has 0 aliphatic carbocycles. The van der Waals surface area contributed by atoms with E-state index >= 15 is 0 Å². The fraction of sp³-hybridized carbons (Fsp3) is 0.333. The van der Waals surface area contributed by atoms with E-state index in [1.165, 1.54) is 0 Å². The van der Waals surface area contributed by atoms with Gasteiger partial charge in [-0.1, -0.05) is 48.5 Å². The first kappa shape index (κ1) is 18.7. The summed E-state index contributed by atoms with van der Waals surface area (Å²) in [6.07, 6.45) is -0.994. The lowest BCUT2D eigenvalue weighted by Crippen LogP contribution is -2.44. The van der Waals surface area contributed by atoms with Crippen LogP contribution in [0.15, 0.2) is 48.5 Å². The summed E-state index contributed by atoms with van der Waals surface area (Å²) in [7, 11) is 0. The number of esters is 1. The first-order chi connectivity index (χ1) is 11.7. The molecule has 0 saturated heterocycles. The van der Waals surface area contributed by atoms with E-state index < -0.39 is 17.6 Å². The summed E-state index contributed by atoms with van der Waals surface area (Å²) in [6.45, 7) is 9.38. The van der Waals surface area contributed by atoms with Crippen LogP contribution >= 0.6 is 0 Å². The van der Waals surface area contributed by atoms with Crippen LogP contribution in [-0.2, 0) is 9.53 Å². The predicted molar refractivity (Wildman–Crippen MR) is 98.4 cm³/mol. The van der Waals surface area contributed by atoms with Crippen LogP contribution in [0.25, 0.3) is 0 Å². The first-order valence-corrected chi connectivity index (χ1v) is 8.33. The van der Waals surface area contributed by atoms with Gasteiger partial charge in [-0.3, -0.25) is 4.79 Å². The number of hydrogen-bond donors (Lipinski definition) is 1. The maximum atomic E-state index is 12.7. The molecule has 2 aromatic carbocycles. The van der Waals surface area contributed by atoms with Gasteiger partial charge in [-0.2, -0.15) is 0 Å². The summed E-state index contributed by atoms with van der Waals surface area (Å²) in [5.74, 6) is -0.827. The van der Waals surface area contributed by atoms with Gasteiger partial charge in [-0.05, 0) is 45.7 Å². The Kier molecular flexibility index (Phi) is 5.62. The molecule has 4 heteroatoms. The van der Waals surface area contributed by atoms with E-state index in [0.717, 1.165) is 11.1 Å². The second-order valence-electron chi connectivity index (χ2n) is 7.20. The van der Waals surface area contributed by atoms with Crippen LogP contribution in [0.2, 0.25) is 0 Å². The zero-order valence-corrected chi connectivity index (χ0v) is 15.4. The molecule has 1 N–H and O–H groups in total. The third kappa shape index (κ3) is 4.92. The van der Waals surface area contributed by atoms with Crippen LogP contribution in [0.4, 0.5) is 0 Å². The predicted octanol–water partition coefficient (Wildman–Crippen LogP) is 4.12. The number of aryl methyl sites for hydroxylation is 2. The Morgan fingerprint density at radius 1 is 0.920 bits per heavy atom. The van der Waals surface area contributed by atoms with Crippen molar-refractivity contribution < 1.29 is 14.3 Å². The van der Waals surface area contributed by atoms with Crippen molar-refractivity contribution in [1.29, 1.82) is 0 Å². The number of rotatable bonds is 4. The molecule has 0 radical (unpaired) electrons. The summed E-state index contributed by atoms with van der Waals surface area (Å²) >= 11 is 0. The van der Waals surface area contributed by atoms with E-state index in [1.54, 1.807) is 12.1 Å². The summed E-state index contributed by atoms with van der Waals surface area (Å²) in [5.41, 5.74) is 2.38. The van der Waals surface area contributed by atoms with Crippen molar-refractivity contribution in [2.45, 2.75) is 46.3 Å². The fourth-order valence-corrected chi connectivity index (χ4v) is 2.64.